The fourth-order valence-electron chi connectivity index (χ4n) is 1.25. The maximum absolute atomic E-state index is 9.25. The zero-order valence-electron chi connectivity index (χ0n) is 9.01. The summed E-state index contributed by atoms with van der Waals surface area (Å²) in [5, 5.41) is 26.8. The lowest BCUT2D eigenvalue weighted by Gasteiger charge is -1.99. The molecule has 0 heterocycles. The highest BCUT2D eigenvalue weighted by Crippen LogP contribution is 2.32. The Morgan fingerprint density at radius 3 is 2.28 bits per heavy atom. The molecule has 2 rings (SSSR count). The summed E-state index contributed by atoms with van der Waals surface area (Å²) in [6.07, 6.45) is 0. The summed E-state index contributed by atoms with van der Waals surface area (Å²) in [5.74, 6) is 0.0462. The number of hydrogen-bond acceptors (Lipinski definition) is 4. The van der Waals surface area contributed by atoms with Crippen LogP contribution in [0.2, 0.25) is 10.0 Å². The van der Waals surface area contributed by atoms with E-state index in [2.05, 4.69) is 10.2 Å². The van der Waals surface area contributed by atoms with Gasteiger partial charge in [0, 0.05) is 6.07 Å². The molecule has 0 bridgehead atoms. The van der Waals surface area contributed by atoms with Crippen molar-refractivity contribution in [2.24, 2.45) is 10.2 Å². The molecular weight excluding hydrogens is 275 g/mol. The first kappa shape index (κ1) is 12.7. The van der Waals surface area contributed by atoms with E-state index in [-0.39, 0.29) is 16.5 Å². The van der Waals surface area contributed by atoms with Crippen LogP contribution < -0.4 is 0 Å². The summed E-state index contributed by atoms with van der Waals surface area (Å²) in [6.45, 7) is 0. The number of aromatic hydroxyl groups is 2. The Labute approximate surface area is 113 Å². The van der Waals surface area contributed by atoms with Crippen molar-refractivity contribution in [1.82, 2.24) is 0 Å². The van der Waals surface area contributed by atoms with Gasteiger partial charge in [-0.25, -0.2) is 0 Å². The van der Waals surface area contributed by atoms with Gasteiger partial charge < -0.3 is 10.2 Å². The predicted octanol–water partition coefficient (Wildman–Crippen LogP) is 4.82. The van der Waals surface area contributed by atoms with Gasteiger partial charge in [-0.2, -0.15) is 5.11 Å². The third kappa shape index (κ3) is 2.91. The average Bonchev–Trinajstić information content (AvgIpc) is 2.32. The van der Waals surface area contributed by atoms with E-state index in [0.29, 0.717) is 16.4 Å². The predicted molar refractivity (Wildman–Crippen MR) is 70.4 cm³/mol. The monoisotopic (exact) mass is 282 g/mol. The third-order valence-electron chi connectivity index (χ3n) is 2.14. The summed E-state index contributed by atoms with van der Waals surface area (Å²) in [5.41, 5.74) is 0.917. The fourth-order valence-corrected chi connectivity index (χ4v) is 1.63. The second-order valence-corrected chi connectivity index (χ2v) is 4.29. The van der Waals surface area contributed by atoms with E-state index in [1.54, 1.807) is 12.1 Å². The second kappa shape index (κ2) is 5.25. The molecule has 0 unspecified atom stereocenters. The maximum Gasteiger partial charge on any atom is 0.134 e. The van der Waals surface area contributed by atoms with Gasteiger partial charge in [0.1, 0.15) is 17.2 Å². The minimum absolute atomic E-state index is 0.0155. The lowest BCUT2D eigenvalue weighted by molar-refractivity contribution is 0.475. The molecule has 0 saturated carbocycles. The minimum atomic E-state index is -0.0155. The molecule has 92 valence electrons. The van der Waals surface area contributed by atoms with Crippen LogP contribution in [0.15, 0.2) is 46.6 Å². The molecule has 2 N–H and O–H groups in total. The molecule has 0 aliphatic rings. The Bertz CT molecular complexity index is 615. The summed E-state index contributed by atoms with van der Waals surface area (Å²) in [6, 6.07) is 8.86. The molecule has 2 aromatic carbocycles. The quantitative estimate of drug-likeness (QED) is 0.776. The van der Waals surface area contributed by atoms with Gasteiger partial charge in [0.25, 0.3) is 0 Å². The molecule has 18 heavy (non-hydrogen) atoms. The number of nitrogens with zero attached hydrogens (tertiary/aromatic N) is 2. The standard InChI is InChI=1S/C12H8Cl2N2O2/c13-9-6-8(17)2-3-11(9)16-15-7-1-4-12(18)10(14)5-7/h1-6,17-18H. The second-order valence-electron chi connectivity index (χ2n) is 3.47. The van der Waals surface area contributed by atoms with E-state index in [4.69, 9.17) is 23.2 Å². The van der Waals surface area contributed by atoms with Gasteiger partial charge in [-0.1, -0.05) is 23.2 Å². The summed E-state index contributed by atoms with van der Waals surface area (Å²) >= 11 is 11.6. The molecule has 0 radical (unpaired) electrons. The molecule has 2 aromatic rings. The van der Waals surface area contributed by atoms with Crippen molar-refractivity contribution in [3.05, 3.63) is 46.4 Å². The Hall–Kier alpha value is -1.78. The van der Waals surface area contributed by atoms with Crippen LogP contribution in [0.5, 0.6) is 11.5 Å². The number of benzene rings is 2. The first-order valence-corrected chi connectivity index (χ1v) is 5.70. The van der Waals surface area contributed by atoms with Crippen molar-refractivity contribution in [3.63, 3.8) is 0 Å². The minimum Gasteiger partial charge on any atom is -0.508 e. The van der Waals surface area contributed by atoms with Gasteiger partial charge in [-0.3, -0.25) is 0 Å². The Morgan fingerprint density at radius 1 is 0.833 bits per heavy atom. The largest absolute Gasteiger partial charge is 0.508 e. The Balaban J connectivity index is 2.27. The lowest BCUT2D eigenvalue weighted by atomic mass is 10.3. The number of phenolic OH excluding ortho intramolecular Hbond substituents is 2. The number of halogens is 2. The van der Waals surface area contributed by atoms with E-state index in [0.717, 1.165) is 0 Å². The van der Waals surface area contributed by atoms with Crippen LogP contribution in [0.25, 0.3) is 0 Å². The zero-order chi connectivity index (χ0) is 13.1. The summed E-state index contributed by atoms with van der Waals surface area (Å²) < 4.78 is 0. The molecule has 0 amide bonds. The van der Waals surface area contributed by atoms with Crippen LogP contribution in [0.1, 0.15) is 0 Å². The Kier molecular flexibility index (Phi) is 3.69. The van der Waals surface area contributed by atoms with Crippen molar-refractivity contribution in [2.75, 3.05) is 0 Å². The molecule has 0 fully saturated rings. The average molecular weight is 283 g/mol. The molecular formula is C12H8Cl2N2O2. The SMILES string of the molecule is Oc1ccc(N=Nc2ccc(O)c(Cl)c2)c(Cl)c1. The number of azo groups is 1. The van der Waals surface area contributed by atoms with Gasteiger partial charge in [0.15, 0.2) is 0 Å². The van der Waals surface area contributed by atoms with Crippen LogP contribution >= 0.6 is 23.2 Å². The van der Waals surface area contributed by atoms with Crippen LogP contribution in [0.3, 0.4) is 0 Å². The molecule has 0 saturated heterocycles. The van der Waals surface area contributed by atoms with E-state index < -0.39 is 0 Å². The van der Waals surface area contributed by atoms with Gasteiger partial charge in [-0.15, -0.1) is 5.11 Å². The van der Waals surface area contributed by atoms with Crippen LogP contribution in [-0.4, -0.2) is 10.2 Å². The van der Waals surface area contributed by atoms with Gasteiger partial charge in [-0.05, 0) is 30.3 Å². The van der Waals surface area contributed by atoms with Crippen molar-refractivity contribution in [2.45, 2.75) is 0 Å². The lowest BCUT2D eigenvalue weighted by Crippen LogP contribution is -1.70. The smallest absolute Gasteiger partial charge is 0.134 e. The first-order chi connectivity index (χ1) is 8.56. The zero-order valence-corrected chi connectivity index (χ0v) is 10.5. The van der Waals surface area contributed by atoms with Gasteiger partial charge >= 0.3 is 0 Å². The highest BCUT2D eigenvalue weighted by atomic mass is 35.5. The topological polar surface area (TPSA) is 65.2 Å². The highest BCUT2D eigenvalue weighted by Gasteiger charge is 2.01. The molecule has 0 aromatic heterocycles. The van der Waals surface area contributed by atoms with Crippen molar-refractivity contribution in [3.8, 4) is 11.5 Å². The third-order valence-corrected chi connectivity index (χ3v) is 2.74. The highest BCUT2D eigenvalue weighted by molar-refractivity contribution is 6.33. The number of hydrogen-bond donors (Lipinski definition) is 2. The summed E-state index contributed by atoms with van der Waals surface area (Å²) in [7, 11) is 0. The van der Waals surface area contributed by atoms with E-state index in [1.165, 1.54) is 24.3 Å². The van der Waals surface area contributed by atoms with Crippen LogP contribution in [0, 0.1) is 0 Å². The van der Waals surface area contributed by atoms with Crippen molar-refractivity contribution < 1.29 is 10.2 Å². The molecule has 0 aliphatic heterocycles. The summed E-state index contributed by atoms with van der Waals surface area (Å²) in [4.78, 5) is 0. The first-order valence-electron chi connectivity index (χ1n) is 4.95. The van der Waals surface area contributed by atoms with E-state index in [9.17, 15) is 10.2 Å². The maximum atomic E-state index is 9.25. The molecule has 4 nitrogen and oxygen atoms in total. The number of rotatable bonds is 2. The normalized spacial score (nSPS) is 11.0. The molecule has 0 atom stereocenters. The van der Waals surface area contributed by atoms with Crippen molar-refractivity contribution >= 4 is 34.6 Å². The van der Waals surface area contributed by atoms with E-state index >= 15 is 0 Å². The molecule has 0 spiro atoms. The van der Waals surface area contributed by atoms with E-state index in [1.807, 2.05) is 0 Å². The van der Waals surface area contributed by atoms with Gasteiger partial charge in [0.2, 0.25) is 0 Å². The van der Waals surface area contributed by atoms with Crippen LogP contribution in [-0.2, 0) is 0 Å². The Morgan fingerprint density at radius 2 is 1.61 bits per heavy atom. The number of phenols is 2. The molecule has 0 aliphatic carbocycles. The van der Waals surface area contributed by atoms with Crippen LogP contribution in [0.4, 0.5) is 11.4 Å². The van der Waals surface area contributed by atoms with Gasteiger partial charge in [0.05, 0.1) is 15.7 Å². The molecule has 6 heteroatoms. The van der Waals surface area contributed by atoms with Crippen molar-refractivity contribution in [1.29, 1.82) is 0 Å². The fraction of sp³-hybridized carbons (Fsp3) is 0.